The molecular formula is C44H52FN7O2. The molecule has 3 aliphatic rings. The van der Waals surface area contributed by atoms with Gasteiger partial charge in [0.25, 0.3) is 5.56 Å². The molecule has 282 valence electrons. The molecule has 1 fully saturated rings. The molecule has 9 nitrogen and oxygen atoms in total. The van der Waals surface area contributed by atoms with Gasteiger partial charge in [-0.25, -0.2) is 9.37 Å². The Morgan fingerprint density at radius 3 is 2.56 bits per heavy atom. The van der Waals surface area contributed by atoms with E-state index in [1.807, 2.05) is 24.6 Å². The zero-order valence-corrected chi connectivity index (χ0v) is 32.2. The molecule has 9 rings (SSSR count). The van der Waals surface area contributed by atoms with Crippen LogP contribution in [-0.2, 0) is 45.3 Å². The summed E-state index contributed by atoms with van der Waals surface area (Å²) in [4.78, 5) is 26.9. The van der Waals surface area contributed by atoms with E-state index in [1.165, 1.54) is 45.4 Å². The van der Waals surface area contributed by atoms with Crippen LogP contribution in [0.1, 0.15) is 82.5 Å². The van der Waals surface area contributed by atoms with Crippen LogP contribution in [0.4, 0.5) is 4.39 Å². The van der Waals surface area contributed by atoms with E-state index in [2.05, 4.69) is 68.8 Å². The van der Waals surface area contributed by atoms with Crippen molar-refractivity contribution in [1.29, 1.82) is 0 Å². The number of likely N-dealkylation sites (tertiary alicyclic amines) is 1. The molecule has 0 radical (unpaired) electrons. The summed E-state index contributed by atoms with van der Waals surface area (Å²) in [6.07, 6.45) is 10.0. The highest BCUT2D eigenvalue weighted by Crippen LogP contribution is 2.34. The summed E-state index contributed by atoms with van der Waals surface area (Å²) >= 11 is 0. The van der Waals surface area contributed by atoms with E-state index in [0.29, 0.717) is 11.5 Å². The van der Waals surface area contributed by atoms with E-state index in [4.69, 9.17) is 9.51 Å². The third kappa shape index (κ3) is 7.51. The lowest BCUT2D eigenvalue weighted by atomic mass is 9.91. The summed E-state index contributed by atoms with van der Waals surface area (Å²) in [5.74, 6) is 0.974. The van der Waals surface area contributed by atoms with Crippen molar-refractivity contribution in [3.63, 3.8) is 0 Å². The Bertz CT molecular complexity index is 2330. The van der Waals surface area contributed by atoms with Crippen molar-refractivity contribution in [2.24, 2.45) is 0 Å². The number of fused-ring (bicyclic) bond motifs is 5. The van der Waals surface area contributed by atoms with Gasteiger partial charge >= 0.3 is 0 Å². The molecule has 7 heterocycles. The van der Waals surface area contributed by atoms with Crippen LogP contribution in [0.2, 0.25) is 0 Å². The summed E-state index contributed by atoms with van der Waals surface area (Å²) in [6.45, 7) is 13.0. The standard InChI is InChI=1S/C23H27FN4O2.C21H25N3/c1-15-18(23(29)28-10-3-2-4-21(28)25-15)9-13-27-11-7-16(8-12-27)22-19-6-5-17(24)14-20(19)30-26-22;1-15-4-7-20-18(12-15)19-14-23(3)10-9-21(19)24(20)11-8-17-6-5-16(2)22-13-17/h5-6,14,16H,2-4,7-13H2,1H3;4-7,12-13H,8-11,14H2,1-3H3. The fourth-order valence-electron chi connectivity index (χ4n) is 8.79. The number of benzene rings is 2. The number of pyridine rings is 1. The Kier molecular flexibility index (Phi) is 10.5. The predicted octanol–water partition coefficient (Wildman–Crippen LogP) is 7.47. The molecule has 0 amide bonds. The summed E-state index contributed by atoms with van der Waals surface area (Å²) in [5.41, 5.74) is 11.6. The molecule has 3 aliphatic heterocycles. The number of hydrogen-bond donors (Lipinski definition) is 0. The van der Waals surface area contributed by atoms with Crippen LogP contribution in [0.25, 0.3) is 21.9 Å². The molecule has 0 saturated carbocycles. The van der Waals surface area contributed by atoms with Gasteiger partial charge in [-0.05, 0) is 121 Å². The van der Waals surface area contributed by atoms with Gasteiger partial charge in [0.2, 0.25) is 0 Å². The van der Waals surface area contributed by atoms with E-state index >= 15 is 0 Å². The minimum atomic E-state index is -0.303. The zero-order chi connectivity index (χ0) is 37.3. The molecule has 2 aromatic carbocycles. The molecule has 1 saturated heterocycles. The molecule has 6 aromatic rings. The first-order valence-electron chi connectivity index (χ1n) is 19.8. The van der Waals surface area contributed by atoms with Gasteiger partial charge in [-0.1, -0.05) is 22.9 Å². The number of aromatic nitrogens is 5. The minimum Gasteiger partial charge on any atom is -0.356 e. The topological polar surface area (TPSA) is 85.2 Å². The quantitative estimate of drug-likeness (QED) is 0.169. The van der Waals surface area contributed by atoms with E-state index in [1.54, 1.807) is 6.07 Å². The van der Waals surface area contributed by atoms with Crippen molar-refractivity contribution in [3.05, 3.63) is 122 Å². The highest BCUT2D eigenvalue weighted by molar-refractivity contribution is 5.86. The normalized spacial score (nSPS) is 16.7. The molecule has 0 unspecified atom stereocenters. The fraction of sp³-hybridized carbons (Fsp3) is 0.455. The predicted molar refractivity (Wildman–Crippen MR) is 212 cm³/mol. The van der Waals surface area contributed by atoms with E-state index < -0.39 is 0 Å². The first kappa shape index (κ1) is 36.3. The lowest BCUT2D eigenvalue weighted by Crippen LogP contribution is -2.37. The maximum absolute atomic E-state index is 13.4. The summed E-state index contributed by atoms with van der Waals surface area (Å²) in [6, 6.07) is 15.8. The highest BCUT2D eigenvalue weighted by Gasteiger charge is 2.26. The SMILES string of the molecule is Cc1ccc2c(c1)c1c(n2CCc2ccc(C)nc2)CCN(C)C1.Cc1nc2n(c(=O)c1CCN1CCC(c3noc4cc(F)ccc34)CC1)CCCC2. The van der Waals surface area contributed by atoms with E-state index in [9.17, 15) is 9.18 Å². The van der Waals surface area contributed by atoms with Crippen LogP contribution in [0, 0.1) is 26.6 Å². The van der Waals surface area contributed by atoms with Crippen LogP contribution in [-0.4, -0.2) is 67.3 Å². The van der Waals surface area contributed by atoms with Gasteiger partial charge < -0.3 is 18.9 Å². The van der Waals surface area contributed by atoms with Gasteiger partial charge in [0.15, 0.2) is 5.58 Å². The average molecular weight is 730 g/mol. The Hall–Kier alpha value is -4.67. The number of piperidine rings is 1. The Balaban J connectivity index is 0.000000157. The van der Waals surface area contributed by atoms with Crippen LogP contribution in [0.5, 0.6) is 0 Å². The lowest BCUT2D eigenvalue weighted by Gasteiger charge is -2.31. The summed E-state index contributed by atoms with van der Waals surface area (Å²) < 4.78 is 23.2. The molecule has 0 spiro atoms. The van der Waals surface area contributed by atoms with Crippen molar-refractivity contribution in [2.45, 2.75) is 97.7 Å². The molecule has 54 heavy (non-hydrogen) atoms. The van der Waals surface area contributed by atoms with Crippen LogP contribution >= 0.6 is 0 Å². The van der Waals surface area contributed by atoms with Gasteiger partial charge in [-0.2, -0.15) is 0 Å². The maximum Gasteiger partial charge on any atom is 0.256 e. The third-order valence-electron chi connectivity index (χ3n) is 11.9. The molecule has 0 bridgehead atoms. The Morgan fingerprint density at radius 2 is 1.74 bits per heavy atom. The Labute approximate surface area is 316 Å². The van der Waals surface area contributed by atoms with Gasteiger partial charge in [0.05, 0.1) is 5.69 Å². The molecule has 0 aliphatic carbocycles. The second-order valence-corrected chi connectivity index (χ2v) is 15.7. The van der Waals surface area contributed by atoms with Crippen molar-refractivity contribution in [2.75, 3.05) is 33.2 Å². The van der Waals surface area contributed by atoms with E-state index in [-0.39, 0.29) is 11.4 Å². The second kappa shape index (κ2) is 15.6. The lowest BCUT2D eigenvalue weighted by molar-refractivity contribution is 0.211. The average Bonchev–Trinajstić information content (AvgIpc) is 3.73. The zero-order valence-electron chi connectivity index (χ0n) is 32.2. The number of halogens is 1. The molecule has 4 aromatic heterocycles. The number of aryl methyl sites for hydroxylation is 6. The molecule has 0 atom stereocenters. The summed E-state index contributed by atoms with van der Waals surface area (Å²) in [5, 5.41) is 6.59. The van der Waals surface area contributed by atoms with Gasteiger partial charge in [-0.3, -0.25) is 14.3 Å². The van der Waals surface area contributed by atoms with Gasteiger partial charge in [0, 0.05) is 103 Å². The molecular weight excluding hydrogens is 678 g/mol. The fourth-order valence-corrected chi connectivity index (χ4v) is 8.79. The van der Waals surface area contributed by atoms with Crippen LogP contribution in [0.3, 0.4) is 0 Å². The van der Waals surface area contributed by atoms with Gasteiger partial charge in [-0.15, -0.1) is 0 Å². The smallest absolute Gasteiger partial charge is 0.256 e. The summed E-state index contributed by atoms with van der Waals surface area (Å²) in [7, 11) is 2.22. The molecule has 10 heteroatoms. The van der Waals surface area contributed by atoms with Crippen molar-refractivity contribution >= 4 is 21.9 Å². The first-order chi connectivity index (χ1) is 26.2. The van der Waals surface area contributed by atoms with Crippen molar-refractivity contribution in [1.82, 2.24) is 34.1 Å². The van der Waals surface area contributed by atoms with Crippen molar-refractivity contribution in [3.8, 4) is 0 Å². The first-order valence-corrected chi connectivity index (χ1v) is 19.8. The van der Waals surface area contributed by atoms with Gasteiger partial charge in [0.1, 0.15) is 11.6 Å². The Morgan fingerprint density at radius 1 is 0.889 bits per heavy atom. The highest BCUT2D eigenvalue weighted by atomic mass is 19.1. The number of hydrogen-bond acceptors (Lipinski definition) is 7. The largest absolute Gasteiger partial charge is 0.356 e. The maximum atomic E-state index is 13.4. The monoisotopic (exact) mass is 729 g/mol. The second-order valence-electron chi connectivity index (χ2n) is 15.7. The van der Waals surface area contributed by atoms with E-state index in [0.717, 1.165) is 131 Å². The van der Waals surface area contributed by atoms with Crippen LogP contribution in [0.15, 0.2) is 64.0 Å². The number of likely N-dealkylation sites (N-methyl/N-ethyl adjacent to an activating group) is 1. The third-order valence-corrected chi connectivity index (χ3v) is 11.9. The molecule has 0 N–H and O–H groups in total. The number of rotatable bonds is 7. The van der Waals surface area contributed by atoms with Crippen LogP contribution < -0.4 is 5.56 Å². The van der Waals surface area contributed by atoms with Crippen molar-refractivity contribution < 1.29 is 8.91 Å². The minimum absolute atomic E-state index is 0.161. The number of nitrogens with zero attached hydrogens (tertiary/aromatic N) is 7.